The summed E-state index contributed by atoms with van der Waals surface area (Å²) in [5.74, 6) is -0.338. The summed E-state index contributed by atoms with van der Waals surface area (Å²) in [6, 6.07) is 8.32. The highest BCUT2D eigenvalue weighted by Crippen LogP contribution is 2.41. The van der Waals surface area contributed by atoms with E-state index in [4.69, 9.17) is 8.85 Å². The second-order valence-electron chi connectivity index (χ2n) is 3.00. The second-order valence-corrected chi connectivity index (χ2v) is 3.81. The summed E-state index contributed by atoms with van der Waals surface area (Å²) in [4.78, 5) is 0. The Morgan fingerprint density at radius 2 is 1.83 bits per heavy atom. The highest BCUT2D eigenvalue weighted by atomic mass is 28.2. The van der Waals surface area contributed by atoms with Crippen molar-refractivity contribution >= 4 is 21.0 Å². The van der Waals surface area contributed by atoms with Gasteiger partial charge < -0.3 is 8.85 Å². The lowest BCUT2D eigenvalue weighted by molar-refractivity contribution is -0.133. The van der Waals surface area contributed by atoms with Gasteiger partial charge in [-0.1, -0.05) is 24.3 Å². The minimum absolute atomic E-state index is 0.338. The van der Waals surface area contributed by atoms with Crippen LogP contribution in [-0.4, -0.2) is 21.0 Å². The third kappa shape index (κ3) is 0.926. The van der Waals surface area contributed by atoms with E-state index in [-0.39, 0.29) is 5.79 Å². The average Bonchev–Trinajstić information content (AvgIpc) is 2.09. The monoisotopic (exact) mass is 196 g/mol. The van der Waals surface area contributed by atoms with E-state index in [9.17, 15) is 0 Å². The Bertz CT molecular complexity index is 297. The van der Waals surface area contributed by atoms with Crippen molar-refractivity contribution < 1.29 is 8.85 Å². The zero-order chi connectivity index (χ0) is 8.60. The Labute approximate surface area is 78.0 Å². The molecule has 64 valence electrons. The fraction of sp³-hybridized carbons (Fsp3) is 0.250. The van der Waals surface area contributed by atoms with Crippen molar-refractivity contribution in [1.29, 1.82) is 0 Å². The maximum atomic E-state index is 5.50. The van der Waals surface area contributed by atoms with Gasteiger partial charge in [-0.2, -0.15) is 0 Å². The highest BCUT2D eigenvalue weighted by molar-refractivity contribution is 6.00. The van der Waals surface area contributed by atoms with E-state index in [1.807, 2.05) is 6.07 Å². The maximum absolute atomic E-state index is 5.50. The van der Waals surface area contributed by atoms with Gasteiger partial charge in [0.05, 0.1) is 0 Å². The highest BCUT2D eigenvalue weighted by Gasteiger charge is 2.41. The molecule has 12 heavy (non-hydrogen) atoms. The normalized spacial score (nSPS) is 26.7. The van der Waals surface area contributed by atoms with Gasteiger partial charge in [0, 0.05) is 12.0 Å². The third-order valence-corrected chi connectivity index (χ3v) is 3.83. The quantitative estimate of drug-likeness (QED) is 0.446. The molecule has 0 N–H and O–H groups in total. The molecule has 1 aliphatic rings. The first kappa shape index (κ1) is 8.18. The SMILES string of the molecule is [SiH3]OC1(O[SiH3])Cc2ccccc21. The van der Waals surface area contributed by atoms with Crippen molar-refractivity contribution in [1.82, 2.24) is 0 Å². The summed E-state index contributed by atoms with van der Waals surface area (Å²) in [5, 5.41) is 0. The van der Waals surface area contributed by atoms with Gasteiger partial charge in [0.2, 0.25) is 0 Å². The Hall–Kier alpha value is -0.426. The first-order valence-corrected chi connectivity index (χ1v) is 5.64. The van der Waals surface area contributed by atoms with Gasteiger partial charge in [-0.3, -0.25) is 0 Å². The van der Waals surface area contributed by atoms with Gasteiger partial charge >= 0.3 is 0 Å². The molecule has 1 aromatic carbocycles. The van der Waals surface area contributed by atoms with E-state index in [1.54, 1.807) is 0 Å². The smallest absolute Gasteiger partial charge is 0.178 e. The molecule has 0 atom stereocenters. The van der Waals surface area contributed by atoms with Crippen LogP contribution in [-0.2, 0) is 21.1 Å². The fourth-order valence-electron chi connectivity index (χ4n) is 1.73. The first-order chi connectivity index (χ1) is 5.82. The van der Waals surface area contributed by atoms with Crippen molar-refractivity contribution in [2.24, 2.45) is 0 Å². The summed E-state index contributed by atoms with van der Waals surface area (Å²) in [5.41, 5.74) is 2.60. The molecule has 0 aliphatic heterocycles. The predicted octanol–water partition coefficient (Wildman–Crippen LogP) is -1.01. The van der Waals surface area contributed by atoms with E-state index in [2.05, 4.69) is 18.2 Å². The van der Waals surface area contributed by atoms with Crippen LogP contribution in [0.1, 0.15) is 11.1 Å². The summed E-state index contributed by atoms with van der Waals surface area (Å²) >= 11 is 0. The standard InChI is InChI=1S/C8H12O2Si2/c11-9-8(10-12)5-6-3-1-2-4-7(6)8/h1-4H,5H2,11-12H3. The largest absolute Gasteiger partial charge is 0.398 e. The molecular weight excluding hydrogens is 184 g/mol. The first-order valence-electron chi connectivity index (χ1n) is 4.01. The van der Waals surface area contributed by atoms with Crippen LogP contribution >= 0.6 is 0 Å². The molecule has 0 amide bonds. The van der Waals surface area contributed by atoms with Crippen LogP contribution in [0.25, 0.3) is 0 Å². The Morgan fingerprint density at radius 1 is 1.17 bits per heavy atom. The van der Waals surface area contributed by atoms with E-state index in [1.165, 1.54) is 11.1 Å². The maximum Gasteiger partial charge on any atom is 0.178 e. The predicted molar refractivity (Wildman–Crippen MR) is 53.9 cm³/mol. The van der Waals surface area contributed by atoms with Gasteiger partial charge in [-0.05, 0) is 5.56 Å². The molecule has 0 saturated carbocycles. The Balaban J connectivity index is 2.39. The average molecular weight is 196 g/mol. The van der Waals surface area contributed by atoms with Crippen LogP contribution in [0.3, 0.4) is 0 Å². The molecular formula is C8H12O2Si2. The van der Waals surface area contributed by atoms with Gasteiger partial charge in [0.25, 0.3) is 0 Å². The summed E-state index contributed by atoms with van der Waals surface area (Å²) in [6.45, 7) is 0. The summed E-state index contributed by atoms with van der Waals surface area (Å²) in [6.07, 6.45) is 0.927. The van der Waals surface area contributed by atoms with Gasteiger partial charge in [0.1, 0.15) is 21.0 Å². The lowest BCUT2D eigenvalue weighted by Crippen LogP contribution is -2.42. The number of hydrogen-bond donors (Lipinski definition) is 0. The molecule has 0 fully saturated rings. The van der Waals surface area contributed by atoms with Crippen molar-refractivity contribution in [2.75, 3.05) is 0 Å². The second kappa shape index (κ2) is 2.81. The van der Waals surface area contributed by atoms with Crippen molar-refractivity contribution in [3.05, 3.63) is 35.4 Å². The molecule has 4 heteroatoms. The fourth-order valence-corrected chi connectivity index (χ4v) is 3.13. The van der Waals surface area contributed by atoms with Crippen LogP contribution in [0.2, 0.25) is 0 Å². The number of hydrogen-bond acceptors (Lipinski definition) is 2. The van der Waals surface area contributed by atoms with E-state index >= 15 is 0 Å². The molecule has 0 saturated heterocycles. The molecule has 0 aromatic heterocycles. The van der Waals surface area contributed by atoms with Crippen LogP contribution in [0.5, 0.6) is 0 Å². The third-order valence-electron chi connectivity index (χ3n) is 2.51. The molecule has 2 nitrogen and oxygen atoms in total. The number of fused-ring (bicyclic) bond motifs is 1. The van der Waals surface area contributed by atoms with Gasteiger partial charge in [-0.15, -0.1) is 0 Å². The topological polar surface area (TPSA) is 18.5 Å². The van der Waals surface area contributed by atoms with Crippen LogP contribution in [0.15, 0.2) is 24.3 Å². The number of benzene rings is 1. The molecule has 1 aromatic rings. The van der Waals surface area contributed by atoms with Crippen LogP contribution in [0.4, 0.5) is 0 Å². The Morgan fingerprint density at radius 3 is 2.42 bits per heavy atom. The molecule has 0 radical (unpaired) electrons. The minimum Gasteiger partial charge on any atom is -0.398 e. The van der Waals surface area contributed by atoms with Crippen molar-refractivity contribution in [3.8, 4) is 0 Å². The van der Waals surface area contributed by atoms with Gasteiger partial charge in [0.15, 0.2) is 5.79 Å². The van der Waals surface area contributed by atoms with E-state index < -0.39 is 0 Å². The summed E-state index contributed by atoms with van der Waals surface area (Å²) in [7, 11) is 1.47. The van der Waals surface area contributed by atoms with Crippen LogP contribution in [0, 0.1) is 0 Å². The molecule has 0 bridgehead atoms. The van der Waals surface area contributed by atoms with Crippen molar-refractivity contribution in [3.63, 3.8) is 0 Å². The van der Waals surface area contributed by atoms with E-state index in [0.717, 1.165) is 27.4 Å². The molecule has 2 rings (SSSR count). The zero-order valence-electron chi connectivity index (χ0n) is 7.33. The molecule has 0 spiro atoms. The number of rotatable bonds is 2. The summed E-state index contributed by atoms with van der Waals surface area (Å²) < 4.78 is 11.0. The lowest BCUT2D eigenvalue weighted by Gasteiger charge is -2.42. The Kier molecular flexibility index (Phi) is 1.92. The van der Waals surface area contributed by atoms with Crippen molar-refractivity contribution in [2.45, 2.75) is 12.2 Å². The van der Waals surface area contributed by atoms with E-state index in [0.29, 0.717) is 0 Å². The molecule has 0 heterocycles. The minimum atomic E-state index is -0.338. The zero-order valence-corrected chi connectivity index (χ0v) is 11.3. The van der Waals surface area contributed by atoms with Crippen LogP contribution < -0.4 is 0 Å². The molecule has 0 unspecified atom stereocenters. The lowest BCUT2D eigenvalue weighted by atomic mass is 9.82. The molecule has 1 aliphatic carbocycles. The van der Waals surface area contributed by atoms with Gasteiger partial charge in [-0.25, -0.2) is 0 Å².